The van der Waals surface area contributed by atoms with Crippen LogP contribution in [0.2, 0.25) is 0 Å². The second-order valence-electron chi connectivity index (χ2n) is 24.6. The highest BCUT2D eigenvalue weighted by atomic mass is 16.5. The van der Waals surface area contributed by atoms with Gasteiger partial charge in [-0.15, -0.1) is 0 Å². The summed E-state index contributed by atoms with van der Waals surface area (Å²) in [4.78, 5) is 24.6. The molecule has 0 heterocycles. The van der Waals surface area contributed by atoms with E-state index in [9.17, 15) is 19.8 Å². The van der Waals surface area contributed by atoms with E-state index in [-0.39, 0.29) is 18.5 Å². The van der Waals surface area contributed by atoms with Crippen molar-refractivity contribution in [1.29, 1.82) is 0 Å². The summed E-state index contributed by atoms with van der Waals surface area (Å²) >= 11 is 0. The quantitative estimate of drug-likeness (QED) is 0.0320. The van der Waals surface area contributed by atoms with Crippen molar-refractivity contribution in [3.63, 3.8) is 0 Å². The van der Waals surface area contributed by atoms with Gasteiger partial charge in [0.05, 0.1) is 25.4 Å². The van der Waals surface area contributed by atoms with Gasteiger partial charge in [-0.25, -0.2) is 0 Å². The molecule has 3 N–H and O–H groups in total. The first-order valence-corrected chi connectivity index (χ1v) is 35.4. The maximum atomic E-state index is 12.5. The Balaban J connectivity index is 3.31. The zero-order chi connectivity index (χ0) is 55.7. The van der Waals surface area contributed by atoms with Crippen molar-refractivity contribution in [2.45, 2.75) is 418 Å². The molecule has 1 amide bonds. The van der Waals surface area contributed by atoms with Crippen LogP contribution in [0.3, 0.4) is 0 Å². The minimum atomic E-state index is -0.660. The third-order valence-electron chi connectivity index (χ3n) is 16.8. The fourth-order valence-electron chi connectivity index (χ4n) is 11.4. The van der Waals surface area contributed by atoms with Crippen molar-refractivity contribution in [2.24, 2.45) is 0 Å². The average Bonchev–Trinajstić information content (AvgIpc) is 3.43. The number of ether oxygens (including phenoxy) is 1. The van der Waals surface area contributed by atoms with Gasteiger partial charge in [0, 0.05) is 12.8 Å². The number of carbonyl (C=O) groups is 2. The van der Waals surface area contributed by atoms with Crippen molar-refractivity contribution in [2.75, 3.05) is 13.2 Å². The molecular formula is C71H139NO5. The van der Waals surface area contributed by atoms with Gasteiger partial charge in [0.1, 0.15) is 0 Å². The molecule has 0 rings (SSSR count). The van der Waals surface area contributed by atoms with Crippen LogP contribution in [0.5, 0.6) is 0 Å². The molecule has 0 aliphatic heterocycles. The van der Waals surface area contributed by atoms with Gasteiger partial charge in [0.2, 0.25) is 5.91 Å². The van der Waals surface area contributed by atoms with Gasteiger partial charge in [0.15, 0.2) is 0 Å². The number of unbranched alkanes of at least 4 members (excludes halogenated alkanes) is 54. The third-order valence-corrected chi connectivity index (χ3v) is 16.8. The van der Waals surface area contributed by atoms with Gasteiger partial charge in [0.25, 0.3) is 0 Å². The van der Waals surface area contributed by atoms with Crippen molar-refractivity contribution < 1.29 is 24.5 Å². The fourth-order valence-corrected chi connectivity index (χ4v) is 11.4. The molecule has 0 aromatic heterocycles. The monoisotopic (exact) mass is 1090 g/mol. The van der Waals surface area contributed by atoms with E-state index >= 15 is 0 Å². The standard InChI is InChI=1S/C71H139NO5/c1-3-5-7-9-11-13-15-17-36-39-43-47-51-55-59-63-69(74)68(67-73)72-70(75)64-60-56-52-48-44-40-37-34-32-30-28-26-24-22-20-19-21-23-25-27-29-31-33-35-38-42-46-50-54-58-62-66-77-71(76)65-61-57-53-49-45-41-18-16-14-12-10-8-6-4-2/h16,18,68-69,73-74H,3-15,17,19-67H2,1-2H3,(H,72,75)/b18-16-. The SMILES string of the molecule is CCCCCCC/C=C\CCCCCCCC(=O)OCCCCCCCCCCCCCCCCCCCCCCCCCCCCCCCCCC(=O)NC(CO)C(O)CCCCCCCCCCCCCCCCC. The molecule has 0 fully saturated rings. The van der Waals surface area contributed by atoms with Crippen LogP contribution in [-0.4, -0.2) is 47.4 Å². The number of rotatable bonds is 67. The molecule has 0 aliphatic rings. The number of amides is 1. The fraction of sp³-hybridized carbons (Fsp3) is 0.944. The Bertz CT molecular complexity index is 1160. The number of aliphatic hydroxyl groups excluding tert-OH is 2. The summed E-state index contributed by atoms with van der Waals surface area (Å²) in [5, 5.41) is 23.3. The number of aliphatic hydroxyl groups is 2. The minimum absolute atomic E-state index is 0.0129. The summed E-state index contributed by atoms with van der Waals surface area (Å²) in [6.45, 7) is 4.98. The number of carbonyl (C=O) groups excluding carboxylic acids is 2. The number of allylic oxidation sites excluding steroid dienone is 2. The van der Waals surface area contributed by atoms with Crippen LogP contribution in [0.25, 0.3) is 0 Å². The smallest absolute Gasteiger partial charge is 0.305 e. The summed E-state index contributed by atoms with van der Waals surface area (Å²) in [7, 11) is 0. The van der Waals surface area contributed by atoms with E-state index in [1.165, 1.54) is 327 Å². The second-order valence-corrected chi connectivity index (χ2v) is 24.6. The minimum Gasteiger partial charge on any atom is -0.466 e. The first-order chi connectivity index (χ1) is 38.0. The lowest BCUT2D eigenvalue weighted by molar-refractivity contribution is -0.143. The molecule has 0 aromatic rings. The average molecular weight is 1090 g/mol. The van der Waals surface area contributed by atoms with Crippen LogP contribution >= 0.6 is 0 Å². The zero-order valence-corrected chi connectivity index (χ0v) is 52.5. The summed E-state index contributed by atoms with van der Waals surface area (Å²) in [6, 6.07) is -0.537. The third kappa shape index (κ3) is 63.6. The normalized spacial score (nSPS) is 12.5. The van der Waals surface area contributed by atoms with E-state index in [4.69, 9.17) is 4.74 Å². The van der Waals surface area contributed by atoms with Gasteiger partial charge < -0.3 is 20.3 Å². The van der Waals surface area contributed by atoms with E-state index in [0.717, 1.165) is 44.9 Å². The number of hydrogen-bond acceptors (Lipinski definition) is 5. The van der Waals surface area contributed by atoms with Crippen LogP contribution in [-0.2, 0) is 14.3 Å². The summed E-state index contributed by atoms with van der Waals surface area (Å²) < 4.78 is 5.49. The van der Waals surface area contributed by atoms with Crippen LogP contribution < -0.4 is 5.32 Å². The number of esters is 1. The van der Waals surface area contributed by atoms with Gasteiger partial charge in [-0.3, -0.25) is 9.59 Å². The number of nitrogens with one attached hydrogen (secondary N) is 1. The van der Waals surface area contributed by atoms with Gasteiger partial charge in [-0.1, -0.05) is 353 Å². The molecule has 0 aromatic carbocycles. The van der Waals surface area contributed by atoms with Crippen LogP contribution in [0.1, 0.15) is 406 Å². The highest BCUT2D eigenvalue weighted by molar-refractivity contribution is 5.76. The van der Waals surface area contributed by atoms with E-state index in [1.54, 1.807) is 0 Å². The van der Waals surface area contributed by atoms with Crippen molar-refractivity contribution >= 4 is 11.9 Å². The van der Waals surface area contributed by atoms with Crippen molar-refractivity contribution in [3.8, 4) is 0 Å². The number of hydrogen-bond donors (Lipinski definition) is 3. The molecule has 2 unspecified atom stereocenters. The largest absolute Gasteiger partial charge is 0.466 e. The predicted molar refractivity (Wildman–Crippen MR) is 338 cm³/mol. The Kier molecular flexibility index (Phi) is 65.9. The molecule has 0 aliphatic carbocycles. The van der Waals surface area contributed by atoms with Gasteiger partial charge in [-0.2, -0.15) is 0 Å². The van der Waals surface area contributed by atoms with Crippen LogP contribution in [0, 0.1) is 0 Å². The summed E-state index contributed by atoms with van der Waals surface area (Å²) in [5.74, 6) is -0.0145. The lowest BCUT2D eigenvalue weighted by Crippen LogP contribution is -2.45. The Morgan fingerprint density at radius 1 is 0.351 bits per heavy atom. The molecule has 0 bridgehead atoms. The molecule has 458 valence electrons. The molecule has 0 spiro atoms. The lowest BCUT2D eigenvalue weighted by Gasteiger charge is -2.22. The highest BCUT2D eigenvalue weighted by Crippen LogP contribution is 2.19. The molecule has 0 saturated carbocycles. The Labute approximate surface area is 482 Å². The van der Waals surface area contributed by atoms with Crippen molar-refractivity contribution in [1.82, 2.24) is 5.32 Å². The Morgan fingerprint density at radius 3 is 0.922 bits per heavy atom. The predicted octanol–water partition coefficient (Wildman–Crippen LogP) is 22.8. The van der Waals surface area contributed by atoms with E-state index in [2.05, 4.69) is 31.3 Å². The van der Waals surface area contributed by atoms with E-state index in [1.807, 2.05) is 0 Å². The van der Waals surface area contributed by atoms with Crippen molar-refractivity contribution in [3.05, 3.63) is 12.2 Å². The lowest BCUT2D eigenvalue weighted by atomic mass is 10.0. The molecule has 6 heteroatoms. The molecule has 6 nitrogen and oxygen atoms in total. The first kappa shape index (κ1) is 75.6. The molecule has 77 heavy (non-hydrogen) atoms. The summed E-state index contributed by atoms with van der Waals surface area (Å²) in [6.07, 6.45) is 82.7. The van der Waals surface area contributed by atoms with E-state index < -0.39 is 12.1 Å². The first-order valence-electron chi connectivity index (χ1n) is 35.4. The Morgan fingerprint density at radius 2 is 0.610 bits per heavy atom. The topological polar surface area (TPSA) is 95.9 Å². The maximum Gasteiger partial charge on any atom is 0.305 e. The maximum absolute atomic E-state index is 12.5. The second kappa shape index (κ2) is 67.1. The van der Waals surface area contributed by atoms with E-state index in [0.29, 0.717) is 25.9 Å². The molecule has 0 radical (unpaired) electrons. The molecular weight excluding hydrogens is 947 g/mol. The highest BCUT2D eigenvalue weighted by Gasteiger charge is 2.20. The zero-order valence-electron chi connectivity index (χ0n) is 52.5. The summed E-state index contributed by atoms with van der Waals surface area (Å²) in [5.41, 5.74) is 0. The molecule has 0 saturated heterocycles. The van der Waals surface area contributed by atoms with Gasteiger partial charge in [-0.05, 0) is 51.4 Å². The van der Waals surface area contributed by atoms with Crippen LogP contribution in [0.4, 0.5) is 0 Å². The van der Waals surface area contributed by atoms with Gasteiger partial charge >= 0.3 is 5.97 Å². The van der Waals surface area contributed by atoms with Crippen LogP contribution in [0.15, 0.2) is 12.2 Å². The Hall–Kier alpha value is -1.40. The molecule has 2 atom stereocenters.